The van der Waals surface area contributed by atoms with Crippen LogP contribution in [0.15, 0.2) is 0 Å². The molecule has 1 aliphatic rings. The van der Waals surface area contributed by atoms with Gasteiger partial charge in [-0.3, -0.25) is 0 Å². The summed E-state index contributed by atoms with van der Waals surface area (Å²) >= 11 is 0. The Kier molecular flexibility index (Phi) is 6.73. The van der Waals surface area contributed by atoms with Gasteiger partial charge in [0.15, 0.2) is 0 Å². The summed E-state index contributed by atoms with van der Waals surface area (Å²) in [6.45, 7) is 6.66. The smallest absolute Gasteiger partial charge is 0.279 e. The van der Waals surface area contributed by atoms with Crippen molar-refractivity contribution in [1.82, 2.24) is 9.03 Å². The van der Waals surface area contributed by atoms with Gasteiger partial charge < -0.3 is 5.11 Å². The molecule has 19 heavy (non-hydrogen) atoms. The molecular weight excluding hydrogens is 264 g/mol. The van der Waals surface area contributed by atoms with Crippen LogP contribution in [0.1, 0.15) is 52.9 Å². The van der Waals surface area contributed by atoms with Crippen LogP contribution in [0, 0.1) is 5.92 Å². The van der Waals surface area contributed by atoms with Gasteiger partial charge in [-0.2, -0.15) is 17.4 Å². The average Bonchev–Trinajstić information content (AvgIpc) is 2.38. The van der Waals surface area contributed by atoms with E-state index in [-0.39, 0.29) is 18.5 Å². The van der Waals surface area contributed by atoms with Crippen molar-refractivity contribution < 1.29 is 13.5 Å². The maximum atomic E-state index is 12.2. The molecule has 1 aliphatic heterocycles. The fourth-order valence-electron chi connectivity index (χ4n) is 2.70. The Morgan fingerprint density at radius 3 is 2.47 bits per heavy atom. The van der Waals surface area contributed by atoms with E-state index < -0.39 is 16.3 Å². The van der Waals surface area contributed by atoms with Gasteiger partial charge in [0.1, 0.15) is 0 Å². The Morgan fingerprint density at radius 2 is 1.95 bits per heavy atom. The fraction of sp³-hybridized carbons (Fsp3) is 1.00. The zero-order chi connectivity index (χ0) is 14.5. The summed E-state index contributed by atoms with van der Waals surface area (Å²) < 4.78 is 28.5. The van der Waals surface area contributed by atoms with E-state index in [2.05, 4.69) is 4.72 Å². The van der Waals surface area contributed by atoms with E-state index >= 15 is 0 Å². The van der Waals surface area contributed by atoms with Gasteiger partial charge in [-0.1, -0.05) is 33.1 Å². The largest absolute Gasteiger partial charge is 0.391 e. The molecule has 1 rings (SSSR count). The molecule has 1 fully saturated rings. The molecule has 1 heterocycles. The highest BCUT2D eigenvalue weighted by atomic mass is 32.2. The highest BCUT2D eigenvalue weighted by molar-refractivity contribution is 7.87. The summed E-state index contributed by atoms with van der Waals surface area (Å²) in [6, 6.07) is 0.0524. The monoisotopic (exact) mass is 292 g/mol. The first-order valence-corrected chi connectivity index (χ1v) is 8.80. The first-order valence-electron chi connectivity index (χ1n) is 7.36. The van der Waals surface area contributed by atoms with Crippen LogP contribution in [0.2, 0.25) is 0 Å². The summed E-state index contributed by atoms with van der Waals surface area (Å²) in [4.78, 5) is 0. The summed E-state index contributed by atoms with van der Waals surface area (Å²) in [5.41, 5.74) is 0. The number of nitrogens with zero attached hydrogens (tertiary/aromatic N) is 1. The number of piperidine rings is 1. The van der Waals surface area contributed by atoms with E-state index in [0.717, 1.165) is 32.1 Å². The van der Waals surface area contributed by atoms with Gasteiger partial charge in [-0.15, -0.1) is 0 Å². The predicted molar refractivity (Wildman–Crippen MR) is 77.0 cm³/mol. The molecule has 0 aromatic rings. The summed E-state index contributed by atoms with van der Waals surface area (Å²) in [5, 5.41) is 9.99. The molecule has 114 valence electrons. The summed E-state index contributed by atoms with van der Waals surface area (Å²) in [6.07, 6.45) is 4.03. The first-order chi connectivity index (χ1) is 8.92. The topological polar surface area (TPSA) is 69.6 Å². The second-order valence-electron chi connectivity index (χ2n) is 5.45. The minimum Gasteiger partial charge on any atom is -0.391 e. The van der Waals surface area contributed by atoms with Gasteiger partial charge in [0.05, 0.1) is 6.10 Å². The van der Waals surface area contributed by atoms with E-state index in [4.69, 9.17) is 0 Å². The molecule has 0 radical (unpaired) electrons. The van der Waals surface area contributed by atoms with Gasteiger partial charge >= 0.3 is 0 Å². The third-order valence-corrected chi connectivity index (χ3v) is 5.81. The Hall–Kier alpha value is -0.170. The number of nitrogens with one attached hydrogen (secondary N) is 1. The number of hydrogen-bond acceptors (Lipinski definition) is 3. The molecule has 0 amide bonds. The van der Waals surface area contributed by atoms with Crippen molar-refractivity contribution in [2.45, 2.75) is 65.0 Å². The van der Waals surface area contributed by atoms with Crippen molar-refractivity contribution in [1.29, 1.82) is 0 Å². The van der Waals surface area contributed by atoms with E-state index in [9.17, 15) is 13.5 Å². The van der Waals surface area contributed by atoms with Crippen LogP contribution in [0.4, 0.5) is 0 Å². The fourth-order valence-corrected chi connectivity index (χ4v) is 4.20. The molecule has 2 atom stereocenters. The standard InChI is InChI=1S/C13H28N2O3S/c1-4-12(5-2)13(16)10-14-19(17,18)15-9-7-6-8-11(15)3/h11-14,16H,4-10H2,1-3H3. The predicted octanol–water partition coefficient (Wildman–Crippen LogP) is 1.49. The minimum absolute atomic E-state index is 0.0524. The van der Waals surface area contributed by atoms with Gasteiger partial charge in [0.25, 0.3) is 10.2 Å². The van der Waals surface area contributed by atoms with E-state index in [1.54, 1.807) is 0 Å². The normalized spacial score (nSPS) is 23.7. The molecule has 0 aromatic carbocycles. The van der Waals surface area contributed by atoms with Crippen LogP contribution in [-0.4, -0.2) is 43.1 Å². The Labute approximate surface area is 117 Å². The molecule has 0 bridgehead atoms. The summed E-state index contributed by atoms with van der Waals surface area (Å²) in [5.74, 6) is 0.154. The molecular formula is C13H28N2O3S. The molecule has 0 aliphatic carbocycles. The Bertz CT molecular complexity index is 355. The van der Waals surface area contributed by atoms with E-state index in [1.165, 1.54) is 4.31 Å². The van der Waals surface area contributed by atoms with Crippen molar-refractivity contribution in [3.63, 3.8) is 0 Å². The molecule has 0 spiro atoms. The Morgan fingerprint density at radius 1 is 1.32 bits per heavy atom. The second kappa shape index (κ2) is 7.57. The van der Waals surface area contributed by atoms with Crippen LogP contribution in [0.5, 0.6) is 0 Å². The quantitative estimate of drug-likeness (QED) is 0.747. The van der Waals surface area contributed by atoms with Crippen molar-refractivity contribution >= 4 is 10.2 Å². The van der Waals surface area contributed by atoms with Crippen molar-refractivity contribution in [3.05, 3.63) is 0 Å². The number of hydrogen-bond donors (Lipinski definition) is 2. The van der Waals surface area contributed by atoms with Crippen molar-refractivity contribution in [2.24, 2.45) is 5.92 Å². The molecule has 2 N–H and O–H groups in total. The lowest BCUT2D eigenvalue weighted by Gasteiger charge is -2.32. The van der Waals surface area contributed by atoms with Crippen LogP contribution < -0.4 is 4.72 Å². The molecule has 0 saturated carbocycles. The van der Waals surface area contributed by atoms with Crippen LogP contribution in [0.3, 0.4) is 0 Å². The minimum atomic E-state index is -3.45. The van der Waals surface area contributed by atoms with E-state index in [1.807, 2.05) is 20.8 Å². The molecule has 5 nitrogen and oxygen atoms in total. The lowest BCUT2D eigenvalue weighted by atomic mass is 9.97. The molecule has 2 unspecified atom stereocenters. The van der Waals surface area contributed by atoms with Crippen molar-refractivity contribution in [3.8, 4) is 0 Å². The highest BCUT2D eigenvalue weighted by Gasteiger charge is 2.30. The number of aliphatic hydroxyl groups excluding tert-OH is 1. The lowest BCUT2D eigenvalue weighted by molar-refractivity contribution is 0.106. The zero-order valence-electron chi connectivity index (χ0n) is 12.3. The summed E-state index contributed by atoms with van der Waals surface area (Å²) in [7, 11) is -3.45. The average molecular weight is 292 g/mol. The molecule has 1 saturated heterocycles. The third-order valence-electron chi connectivity index (χ3n) is 4.12. The maximum absolute atomic E-state index is 12.2. The molecule has 0 aromatic heterocycles. The van der Waals surface area contributed by atoms with Gasteiger partial charge in [-0.05, 0) is 25.7 Å². The molecule has 6 heteroatoms. The van der Waals surface area contributed by atoms with Gasteiger partial charge in [-0.25, -0.2) is 0 Å². The van der Waals surface area contributed by atoms with E-state index in [0.29, 0.717) is 6.54 Å². The second-order valence-corrected chi connectivity index (χ2v) is 7.16. The first kappa shape index (κ1) is 16.9. The Balaban J connectivity index is 2.55. The van der Waals surface area contributed by atoms with Gasteiger partial charge in [0, 0.05) is 19.1 Å². The maximum Gasteiger partial charge on any atom is 0.279 e. The zero-order valence-corrected chi connectivity index (χ0v) is 13.1. The number of rotatable bonds is 7. The van der Waals surface area contributed by atoms with Crippen LogP contribution >= 0.6 is 0 Å². The highest BCUT2D eigenvalue weighted by Crippen LogP contribution is 2.19. The van der Waals surface area contributed by atoms with Crippen LogP contribution in [0.25, 0.3) is 0 Å². The SMILES string of the molecule is CCC(CC)C(O)CNS(=O)(=O)N1CCCCC1C. The third kappa shape index (κ3) is 4.70. The van der Waals surface area contributed by atoms with Crippen molar-refractivity contribution in [2.75, 3.05) is 13.1 Å². The number of aliphatic hydroxyl groups is 1. The van der Waals surface area contributed by atoms with Crippen LogP contribution in [-0.2, 0) is 10.2 Å². The van der Waals surface area contributed by atoms with Gasteiger partial charge in [0.2, 0.25) is 0 Å². The lowest BCUT2D eigenvalue weighted by Crippen LogP contribution is -2.49.